The van der Waals surface area contributed by atoms with Gasteiger partial charge in [0.1, 0.15) is 120 Å². The molecule has 6 fully saturated rings. The maximum absolute atomic E-state index is 14.1. The Morgan fingerprint density at radius 2 is 0.689 bits per heavy atom. The van der Waals surface area contributed by atoms with Gasteiger partial charge in [0.15, 0.2) is 44.1 Å². The summed E-state index contributed by atoms with van der Waals surface area (Å²) in [5.74, 6) is -11.1. The fraction of sp³-hybridized carbons (Fsp3) is 0.267. The van der Waals surface area contributed by atoms with E-state index in [9.17, 15) is 98.1 Å². The molecule has 0 radical (unpaired) electrons. The zero-order chi connectivity index (χ0) is 86.2. The number of halogens is 12. The zero-order valence-corrected chi connectivity index (χ0v) is 67.6. The van der Waals surface area contributed by atoms with Crippen LogP contribution in [0.3, 0.4) is 0 Å². The molecular weight excluding hydrogens is 1680 g/mol. The predicted molar refractivity (Wildman–Crippen MR) is 410 cm³/mol. The second-order valence-electron chi connectivity index (χ2n) is 28.6. The highest BCUT2D eigenvalue weighted by Crippen LogP contribution is 2.56. The number of carboxylic acids is 1. The third kappa shape index (κ3) is 22.8. The fourth-order valence-corrected chi connectivity index (χ4v) is 22.8. The molecule has 1 N–H and O–H groups in total. The van der Waals surface area contributed by atoms with Gasteiger partial charge in [0.05, 0.1) is 70.8 Å². The third-order valence-electron chi connectivity index (χ3n) is 20.3. The van der Waals surface area contributed by atoms with Gasteiger partial charge in [0, 0.05) is 120 Å². The normalized spacial score (nSPS) is 20.1. The Hall–Kier alpha value is -9.84. The molecule has 4 bridgehead atoms. The molecule has 4 aliphatic carbocycles. The lowest BCUT2D eigenvalue weighted by molar-refractivity contribution is -0.268. The number of hydrogen-bond acceptors (Lipinski definition) is 15. The Labute approximate surface area is 686 Å². The van der Waals surface area contributed by atoms with Gasteiger partial charge in [-0.15, -0.1) is 0 Å². The first-order chi connectivity index (χ1) is 56.3. The summed E-state index contributed by atoms with van der Waals surface area (Å²) in [6.07, 6.45) is 3.04. The van der Waals surface area contributed by atoms with Crippen molar-refractivity contribution in [1.29, 1.82) is 0 Å². The first-order valence-electron chi connectivity index (χ1n) is 36.5. The molecule has 6 aliphatic rings. The van der Waals surface area contributed by atoms with Crippen molar-refractivity contribution in [3.63, 3.8) is 0 Å². The summed E-state index contributed by atoms with van der Waals surface area (Å²) >= 11 is 0. The number of fused-ring (bicyclic) bond motifs is 2. The maximum atomic E-state index is 14.1. The molecule has 628 valence electrons. The number of esters is 2. The number of para-hydroxylation sites is 1. The van der Waals surface area contributed by atoms with Crippen molar-refractivity contribution >= 4 is 70.8 Å². The number of aryl methyl sites for hydroxylation is 2. The molecule has 33 heteroatoms. The second-order valence-corrected chi connectivity index (χ2v) is 37.5. The van der Waals surface area contributed by atoms with Crippen LogP contribution in [0.4, 0.5) is 52.7 Å². The van der Waals surface area contributed by atoms with Crippen LogP contribution in [0.15, 0.2) is 238 Å². The van der Waals surface area contributed by atoms with Gasteiger partial charge in [0.2, 0.25) is 0 Å². The molecule has 2 saturated heterocycles. The maximum Gasteiger partial charge on any atom is 0.335 e. The van der Waals surface area contributed by atoms with Gasteiger partial charge < -0.3 is 43.0 Å². The van der Waals surface area contributed by atoms with Crippen molar-refractivity contribution in [3.05, 3.63) is 292 Å². The van der Waals surface area contributed by atoms with Gasteiger partial charge in [-0.1, -0.05) is 60.3 Å². The summed E-state index contributed by atoms with van der Waals surface area (Å²) in [6.45, 7) is 7.80. The first-order valence-corrected chi connectivity index (χ1v) is 43.3. The molecule has 10 atom stereocenters. The van der Waals surface area contributed by atoms with Gasteiger partial charge in [-0.25, -0.2) is 74.3 Å². The Morgan fingerprint density at radius 1 is 0.403 bits per heavy atom. The van der Waals surface area contributed by atoms with Gasteiger partial charge in [-0.2, -0.15) is 0 Å². The zero-order valence-electron chi connectivity index (χ0n) is 63.6. The van der Waals surface area contributed by atoms with E-state index in [1.54, 1.807) is 79.9 Å². The highest BCUT2D eigenvalue weighted by Gasteiger charge is 2.60. The molecule has 2 heterocycles. The predicted octanol–water partition coefficient (Wildman–Crippen LogP) is 16.7. The van der Waals surface area contributed by atoms with Gasteiger partial charge in [-0.05, 0) is 130 Å². The van der Waals surface area contributed by atoms with E-state index >= 15 is 0 Å². The van der Waals surface area contributed by atoms with Gasteiger partial charge >= 0.3 is 17.9 Å². The molecule has 0 amide bonds. The molecule has 0 spiro atoms. The van der Waals surface area contributed by atoms with E-state index in [0.717, 1.165) is 61.1 Å². The van der Waals surface area contributed by atoms with Gasteiger partial charge in [0.25, 0.3) is 0 Å². The standard InChI is InChI=1S/C21H17F4OS.C20H15F4S.C18H11F4S.2C10H14O6S.C7H6O3/c1-12-4-18(5-13(2)21(12)26-3)27(19-8-14(22)6-15(23)9-19)20-10-16(24)7-17(25)11-20;1-12-17(21)8-15(9-18(12)22)25(14-6-4-3-5-7-14)16-10-19(23)13(2)20(24)11-16;19-12-6-13(20)9-17(8-12)23(16-4-2-1-3-5-16)18-10-14(21)7-15(22)11-18;2*11-8(4-17(12,13)14)16-9-5-1-6-3-15-10(9)7(6)2-5;8-6-4-2-1-3-5(6)7(9)10/h4-11H,1-3H3;3-11H,1-2H3;1-11H;2*5-7,9-10H,1-4H2,(H,12,13,14);1-4,8H,(H,9,10)/q3*+1;;;/p-3. The van der Waals surface area contributed by atoms with E-state index in [4.69, 9.17) is 28.8 Å². The fourth-order valence-electron chi connectivity index (χ4n) is 15.4. The lowest BCUT2D eigenvalue weighted by atomic mass is 9.88. The number of methoxy groups -OCH3 is 1. The van der Waals surface area contributed by atoms with Gasteiger partial charge in [-0.3, -0.25) is 9.59 Å². The average Bonchev–Trinajstić information content (AvgIpc) is 1.59. The summed E-state index contributed by atoms with van der Waals surface area (Å²) < 4.78 is 255. The summed E-state index contributed by atoms with van der Waals surface area (Å²) in [5, 5.41) is 19.0. The number of carboxylic acid groups (broad SMARTS) is 1. The van der Waals surface area contributed by atoms with Crippen molar-refractivity contribution < 1.29 is 127 Å². The molecule has 10 unspecified atom stereocenters. The summed E-state index contributed by atoms with van der Waals surface area (Å²) in [4.78, 5) is 36.8. The van der Waals surface area contributed by atoms with Crippen LogP contribution in [-0.2, 0) is 81.5 Å². The molecule has 4 saturated carbocycles. The van der Waals surface area contributed by atoms with Crippen molar-refractivity contribution in [2.45, 2.75) is 122 Å². The molecule has 16 rings (SSSR count). The highest BCUT2D eigenvalue weighted by atomic mass is 32.2. The minimum Gasteiger partial charge on any atom is -0.872 e. The van der Waals surface area contributed by atoms with Crippen molar-refractivity contribution in [2.24, 2.45) is 35.5 Å². The van der Waals surface area contributed by atoms with Crippen LogP contribution < -0.4 is 9.84 Å². The molecule has 0 aromatic heterocycles. The molecule has 2 aliphatic heterocycles. The molecule has 16 nitrogen and oxygen atoms in total. The average molecular weight is 1750 g/mol. The van der Waals surface area contributed by atoms with Crippen LogP contribution in [0.25, 0.3) is 0 Å². The van der Waals surface area contributed by atoms with Crippen molar-refractivity contribution in [3.8, 4) is 11.5 Å². The largest absolute Gasteiger partial charge is 0.872 e. The number of rotatable bonds is 17. The monoisotopic (exact) mass is 1750 g/mol. The molecule has 10 aromatic rings. The van der Waals surface area contributed by atoms with E-state index < -0.39 is 158 Å². The molecule has 119 heavy (non-hydrogen) atoms. The van der Waals surface area contributed by atoms with Crippen LogP contribution in [0, 0.1) is 133 Å². The van der Waals surface area contributed by atoms with E-state index in [2.05, 4.69) is 0 Å². The van der Waals surface area contributed by atoms with E-state index in [0.29, 0.717) is 86.7 Å². The third-order valence-corrected chi connectivity index (χ3v) is 28.0. The van der Waals surface area contributed by atoms with Crippen LogP contribution in [0.1, 0.15) is 58.3 Å². The molecule has 10 aromatic carbocycles. The Kier molecular flexibility index (Phi) is 29.2. The number of aromatic carboxylic acids is 1. The van der Waals surface area contributed by atoms with E-state index in [1.807, 2.05) is 13.8 Å². The first kappa shape index (κ1) is 89.9. The SMILES string of the molecule is COc1c(C)cc([S+](c2cc(F)cc(F)c2)c2cc(F)cc(F)c2)cc1C.Cc1c(F)cc([S+](c2ccccc2)c2cc(F)c(C)c(F)c2)cc1F.Fc1cc(F)cc([S+](c2ccccc2)c2cc(F)cc(F)c2)c1.O=C(CS(=O)(=O)[O-])OC1C2CC3COC1C3C2.O=C(CS(=O)(=O)[O-])OC1C2CC3COC1C3C2.O=C(O)c1ccccc1[O-]. The highest BCUT2D eigenvalue weighted by molar-refractivity contribution is 7.97. The van der Waals surface area contributed by atoms with Crippen LogP contribution in [-0.4, -0.2) is 105 Å². The summed E-state index contributed by atoms with van der Waals surface area (Å²) in [7, 11) is -10.7. The number of ether oxygens (including phenoxy) is 5. The van der Waals surface area contributed by atoms with Crippen LogP contribution in [0.5, 0.6) is 11.5 Å². The second kappa shape index (κ2) is 38.7. The van der Waals surface area contributed by atoms with Crippen LogP contribution in [0.2, 0.25) is 0 Å². The van der Waals surface area contributed by atoms with Crippen molar-refractivity contribution in [1.82, 2.24) is 0 Å². The quantitative estimate of drug-likeness (QED) is 0.0385. The number of carbonyl (C=O) groups is 3. The minimum absolute atomic E-state index is 0.0818. The number of carbonyl (C=O) groups excluding carboxylic acids is 2. The van der Waals surface area contributed by atoms with Crippen molar-refractivity contribution in [2.75, 3.05) is 31.8 Å². The Bertz CT molecular complexity index is 5230. The Morgan fingerprint density at radius 3 is 0.975 bits per heavy atom. The molecular formula is C86H74F12O16S5. The summed E-state index contributed by atoms with van der Waals surface area (Å²) in [6, 6.07) is 44.3. The smallest absolute Gasteiger partial charge is 0.335 e. The number of benzene rings is 10. The summed E-state index contributed by atoms with van der Waals surface area (Å²) in [5.41, 5.74) is 1.29. The lowest BCUT2D eigenvalue weighted by Gasteiger charge is -2.26. The van der Waals surface area contributed by atoms with E-state index in [-0.39, 0.29) is 52.9 Å². The topological polar surface area (TPSA) is 255 Å². The number of hydrogen-bond donors (Lipinski definition) is 1. The lowest BCUT2D eigenvalue weighted by Crippen LogP contribution is -2.37. The Balaban J connectivity index is 0.000000143. The van der Waals surface area contributed by atoms with E-state index in [1.165, 1.54) is 111 Å². The minimum atomic E-state index is -4.56. The van der Waals surface area contributed by atoms with Crippen LogP contribution >= 0.6 is 0 Å².